The molecule has 1 amide bonds. The summed E-state index contributed by atoms with van der Waals surface area (Å²) in [4.78, 5) is 36.7. The Morgan fingerprint density at radius 3 is 2.67 bits per heavy atom. The van der Waals surface area contributed by atoms with E-state index in [0.29, 0.717) is 6.42 Å². The van der Waals surface area contributed by atoms with Crippen LogP contribution in [0.4, 0.5) is 4.79 Å². The molecule has 2 aliphatic rings. The van der Waals surface area contributed by atoms with Gasteiger partial charge in [-0.15, -0.1) is 11.8 Å². The Hall–Kier alpha value is -1.44. The minimum absolute atomic E-state index is 0.0336. The molecule has 2 aliphatic heterocycles. The number of carbonyl (C=O) groups excluding carboxylic acids is 3. The van der Waals surface area contributed by atoms with Crippen LogP contribution in [0.15, 0.2) is 0 Å². The largest absolute Gasteiger partial charge is 0.511 e. The maximum absolute atomic E-state index is 12.3. The van der Waals surface area contributed by atoms with Crippen molar-refractivity contribution in [1.29, 1.82) is 0 Å². The van der Waals surface area contributed by atoms with Crippen LogP contribution < -0.4 is 0 Å². The van der Waals surface area contributed by atoms with Gasteiger partial charge < -0.3 is 19.1 Å². The predicted octanol–water partition coefficient (Wildman–Crippen LogP) is 1.50. The zero-order valence-corrected chi connectivity index (χ0v) is 13.3. The minimum atomic E-state index is -1.06. The first kappa shape index (κ1) is 15.9. The number of ether oxygens (including phenoxy) is 3. The van der Waals surface area contributed by atoms with Crippen LogP contribution in [0.2, 0.25) is 0 Å². The van der Waals surface area contributed by atoms with Crippen LogP contribution in [0.1, 0.15) is 34.1 Å². The third-order valence-electron chi connectivity index (χ3n) is 3.35. The monoisotopic (exact) mass is 317 g/mol. The van der Waals surface area contributed by atoms with E-state index in [9.17, 15) is 14.4 Å². The molecule has 8 heteroatoms. The van der Waals surface area contributed by atoms with E-state index < -0.39 is 29.2 Å². The number of fused-ring (bicyclic) bond motifs is 1. The third kappa shape index (κ3) is 3.09. The lowest BCUT2D eigenvalue weighted by Crippen LogP contribution is -2.57. The standard InChI is InChI=1S/C13H19NO6S/c1-5-18-12(17)20-7(2)19-11(16)10-13(3,4)21-9-6-8(15)14(9)10/h7,9-10H,5-6H2,1-4H3/t7?,9-,10+/m1/s1. The number of carbonyl (C=O) groups is 3. The molecule has 7 nitrogen and oxygen atoms in total. The summed E-state index contributed by atoms with van der Waals surface area (Å²) in [5, 5.41) is 0.0336. The Bertz CT molecular complexity index is 466. The van der Waals surface area contributed by atoms with Gasteiger partial charge in [0.2, 0.25) is 12.2 Å². The van der Waals surface area contributed by atoms with E-state index in [1.54, 1.807) is 23.6 Å². The maximum atomic E-state index is 12.3. The number of nitrogens with zero attached hydrogens (tertiary/aromatic N) is 1. The molecule has 0 aromatic carbocycles. The molecule has 0 spiro atoms. The number of amides is 1. The highest BCUT2D eigenvalue weighted by molar-refractivity contribution is 8.01. The molecular formula is C13H19NO6S. The summed E-state index contributed by atoms with van der Waals surface area (Å²) in [6.45, 7) is 7.04. The fourth-order valence-electron chi connectivity index (χ4n) is 2.50. The number of hydrogen-bond donors (Lipinski definition) is 0. The highest BCUT2D eigenvalue weighted by Gasteiger charge is 2.59. The highest BCUT2D eigenvalue weighted by Crippen LogP contribution is 2.50. The van der Waals surface area contributed by atoms with Gasteiger partial charge in [-0.2, -0.15) is 0 Å². The Morgan fingerprint density at radius 1 is 1.43 bits per heavy atom. The van der Waals surface area contributed by atoms with Gasteiger partial charge in [0, 0.05) is 11.7 Å². The normalized spacial score (nSPS) is 27.4. The van der Waals surface area contributed by atoms with Crippen molar-refractivity contribution in [3.63, 3.8) is 0 Å². The number of thioether (sulfide) groups is 1. The van der Waals surface area contributed by atoms with E-state index in [1.165, 1.54) is 6.92 Å². The molecule has 0 aromatic heterocycles. The van der Waals surface area contributed by atoms with E-state index in [2.05, 4.69) is 4.74 Å². The van der Waals surface area contributed by atoms with Gasteiger partial charge in [0.15, 0.2) is 0 Å². The second kappa shape index (κ2) is 5.75. The van der Waals surface area contributed by atoms with E-state index in [0.717, 1.165) is 0 Å². The number of rotatable bonds is 4. The van der Waals surface area contributed by atoms with Crippen LogP contribution in [-0.2, 0) is 23.8 Å². The molecule has 0 aromatic rings. The fraction of sp³-hybridized carbons (Fsp3) is 0.769. The molecular weight excluding hydrogens is 298 g/mol. The van der Waals surface area contributed by atoms with Crippen LogP contribution in [-0.4, -0.2) is 52.0 Å². The van der Waals surface area contributed by atoms with Crippen molar-refractivity contribution in [2.24, 2.45) is 0 Å². The van der Waals surface area contributed by atoms with Crippen LogP contribution in [0.5, 0.6) is 0 Å². The molecule has 0 N–H and O–H groups in total. The van der Waals surface area contributed by atoms with Crippen molar-refractivity contribution in [3.05, 3.63) is 0 Å². The highest BCUT2D eigenvalue weighted by atomic mass is 32.2. The van der Waals surface area contributed by atoms with Gasteiger partial charge in [-0.25, -0.2) is 9.59 Å². The molecule has 1 unspecified atom stereocenters. The van der Waals surface area contributed by atoms with Crippen molar-refractivity contribution in [2.45, 2.75) is 56.6 Å². The summed E-state index contributed by atoms with van der Waals surface area (Å²) in [5.41, 5.74) is 0. The van der Waals surface area contributed by atoms with Crippen molar-refractivity contribution in [2.75, 3.05) is 6.61 Å². The van der Waals surface area contributed by atoms with Gasteiger partial charge in [0.25, 0.3) is 0 Å². The second-order valence-corrected chi connectivity index (χ2v) is 7.22. The lowest BCUT2D eigenvalue weighted by molar-refractivity contribution is -0.179. The Morgan fingerprint density at radius 2 is 2.10 bits per heavy atom. The van der Waals surface area contributed by atoms with Gasteiger partial charge in [-0.05, 0) is 20.8 Å². The molecule has 2 saturated heterocycles. The van der Waals surface area contributed by atoms with Crippen LogP contribution in [0.3, 0.4) is 0 Å². The van der Waals surface area contributed by atoms with Crippen LogP contribution >= 0.6 is 11.8 Å². The quantitative estimate of drug-likeness (QED) is 0.441. The summed E-state index contributed by atoms with van der Waals surface area (Å²) < 4.78 is 14.1. The summed E-state index contributed by atoms with van der Waals surface area (Å²) in [7, 11) is 0. The van der Waals surface area contributed by atoms with Crippen LogP contribution in [0.25, 0.3) is 0 Å². The van der Waals surface area contributed by atoms with E-state index in [4.69, 9.17) is 9.47 Å². The molecule has 0 aliphatic carbocycles. The first-order chi connectivity index (χ1) is 9.76. The first-order valence-electron chi connectivity index (χ1n) is 6.79. The average Bonchev–Trinajstić information content (AvgIpc) is 2.55. The number of hydrogen-bond acceptors (Lipinski definition) is 7. The van der Waals surface area contributed by atoms with Crippen molar-refractivity contribution >= 4 is 29.8 Å². The van der Waals surface area contributed by atoms with E-state index in [-0.39, 0.29) is 17.9 Å². The molecule has 2 fully saturated rings. The first-order valence-corrected chi connectivity index (χ1v) is 7.67. The molecule has 3 atom stereocenters. The van der Waals surface area contributed by atoms with Gasteiger partial charge in [0.1, 0.15) is 6.04 Å². The lowest BCUT2D eigenvalue weighted by Gasteiger charge is -2.37. The van der Waals surface area contributed by atoms with Gasteiger partial charge >= 0.3 is 12.1 Å². The van der Waals surface area contributed by atoms with Gasteiger partial charge in [-0.1, -0.05) is 0 Å². The maximum Gasteiger partial charge on any atom is 0.511 e. The Balaban J connectivity index is 1.96. The Kier molecular flexibility index (Phi) is 4.36. The second-order valence-electron chi connectivity index (χ2n) is 5.39. The van der Waals surface area contributed by atoms with Crippen LogP contribution in [0, 0.1) is 0 Å². The summed E-state index contributed by atoms with van der Waals surface area (Å²) >= 11 is 1.58. The fourth-order valence-corrected chi connectivity index (χ4v) is 4.12. The van der Waals surface area contributed by atoms with Gasteiger partial charge in [0.05, 0.1) is 18.4 Å². The van der Waals surface area contributed by atoms with Crippen molar-refractivity contribution in [3.8, 4) is 0 Å². The zero-order valence-electron chi connectivity index (χ0n) is 12.5. The number of β-lactam (4-membered cyclic amide) rings is 1. The Labute approximate surface area is 127 Å². The van der Waals surface area contributed by atoms with Crippen molar-refractivity contribution < 1.29 is 28.6 Å². The predicted molar refractivity (Wildman–Crippen MR) is 74.4 cm³/mol. The van der Waals surface area contributed by atoms with E-state index in [1.807, 2.05) is 13.8 Å². The lowest BCUT2D eigenvalue weighted by atomic mass is 9.98. The molecule has 118 valence electrons. The molecule has 0 saturated carbocycles. The smallest absolute Gasteiger partial charge is 0.435 e. The molecule has 2 heterocycles. The van der Waals surface area contributed by atoms with Crippen molar-refractivity contribution in [1.82, 2.24) is 4.90 Å². The zero-order chi connectivity index (χ0) is 15.8. The molecule has 21 heavy (non-hydrogen) atoms. The summed E-state index contributed by atoms with van der Waals surface area (Å²) in [6, 6.07) is -0.665. The molecule has 0 bridgehead atoms. The molecule has 2 rings (SSSR count). The third-order valence-corrected chi connectivity index (χ3v) is 4.85. The summed E-state index contributed by atoms with van der Waals surface area (Å²) in [6.07, 6.45) is -1.50. The topological polar surface area (TPSA) is 82.1 Å². The minimum Gasteiger partial charge on any atom is -0.435 e. The average molecular weight is 317 g/mol. The number of esters is 1. The van der Waals surface area contributed by atoms with Gasteiger partial charge in [-0.3, -0.25) is 4.79 Å². The summed E-state index contributed by atoms with van der Waals surface area (Å²) in [5.74, 6) is -0.626. The van der Waals surface area contributed by atoms with E-state index >= 15 is 0 Å². The molecule has 0 radical (unpaired) electrons. The SMILES string of the molecule is CCOC(=O)OC(C)OC(=O)[C@@H]1N2C(=O)C[C@H]2SC1(C)C.